The van der Waals surface area contributed by atoms with E-state index in [-0.39, 0.29) is 29.9 Å². The number of nitrogens with zero attached hydrogens (tertiary/aromatic N) is 3. The molecular weight excluding hydrogens is 417 g/mol. The molecule has 0 bridgehead atoms. The zero-order chi connectivity index (χ0) is 16.7. The lowest BCUT2D eigenvalue weighted by molar-refractivity contribution is -0.129. The second-order valence-corrected chi connectivity index (χ2v) is 6.74. The molecule has 1 aliphatic heterocycles. The van der Waals surface area contributed by atoms with Crippen LogP contribution in [-0.2, 0) is 4.79 Å². The smallest absolute Gasteiger partial charge is 0.222 e. The summed E-state index contributed by atoms with van der Waals surface area (Å²) in [4.78, 5) is 20.4. The van der Waals surface area contributed by atoms with Crippen molar-refractivity contribution >= 4 is 35.8 Å². The number of hydrogen-bond donors (Lipinski definition) is 2. The van der Waals surface area contributed by atoms with Crippen LogP contribution < -0.4 is 10.6 Å². The van der Waals surface area contributed by atoms with Gasteiger partial charge in [0.1, 0.15) is 0 Å². The van der Waals surface area contributed by atoms with Crippen molar-refractivity contribution in [2.24, 2.45) is 4.99 Å². The van der Waals surface area contributed by atoms with Gasteiger partial charge in [-0.05, 0) is 26.3 Å². The van der Waals surface area contributed by atoms with Gasteiger partial charge in [0.15, 0.2) is 5.96 Å². The van der Waals surface area contributed by atoms with Gasteiger partial charge >= 0.3 is 0 Å². The molecule has 1 aliphatic carbocycles. The molecule has 0 radical (unpaired) electrons. The Morgan fingerprint density at radius 1 is 1.29 bits per heavy atom. The van der Waals surface area contributed by atoms with Crippen LogP contribution in [0.3, 0.4) is 0 Å². The van der Waals surface area contributed by atoms with Crippen LogP contribution in [0.2, 0.25) is 0 Å². The minimum Gasteiger partial charge on any atom is -0.355 e. The van der Waals surface area contributed by atoms with E-state index >= 15 is 0 Å². The normalized spacial score (nSPS) is 21.9. The van der Waals surface area contributed by atoms with Gasteiger partial charge in [0.05, 0.1) is 0 Å². The van der Waals surface area contributed by atoms with Crippen LogP contribution in [0.25, 0.3) is 0 Å². The second kappa shape index (κ2) is 11.1. The van der Waals surface area contributed by atoms with Crippen LogP contribution in [0.4, 0.5) is 0 Å². The molecule has 2 fully saturated rings. The topological polar surface area (TPSA) is 60.0 Å². The first-order valence-electron chi connectivity index (χ1n) is 9.09. The van der Waals surface area contributed by atoms with Gasteiger partial charge in [-0.25, -0.2) is 0 Å². The lowest BCUT2D eigenvalue weighted by Gasteiger charge is -2.25. The molecular formula is C17H34IN5O. The van der Waals surface area contributed by atoms with E-state index in [0.29, 0.717) is 12.5 Å². The summed E-state index contributed by atoms with van der Waals surface area (Å²) in [6.45, 7) is 5.50. The Morgan fingerprint density at radius 3 is 2.62 bits per heavy atom. The summed E-state index contributed by atoms with van der Waals surface area (Å²) in [5.41, 5.74) is 0. The van der Waals surface area contributed by atoms with E-state index in [1.165, 1.54) is 25.7 Å². The number of carbonyl (C=O) groups excluding carboxylic acids is 1. The summed E-state index contributed by atoms with van der Waals surface area (Å²) in [5.74, 6) is 1.09. The van der Waals surface area contributed by atoms with Crippen molar-refractivity contribution in [1.82, 2.24) is 20.4 Å². The molecule has 1 unspecified atom stereocenters. The maximum atomic E-state index is 11.7. The van der Waals surface area contributed by atoms with Crippen molar-refractivity contribution in [3.05, 3.63) is 0 Å². The number of aliphatic imine (C=N–C) groups is 1. The zero-order valence-corrected chi connectivity index (χ0v) is 17.7. The standard InChI is InChI=1S/C17H33N5O.HI/c1-4-16(23)22-11-9-14(13-22)20-17(18-2)19-10-12-21(3)15-7-5-6-8-15;/h14-15H,4-13H2,1-3H3,(H2,18,19,20);1H. The van der Waals surface area contributed by atoms with Gasteiger partial charge in [0, 0.05) is 51.7 Å². The van der Waals surface area contributed by atoms with Crippen molar-refractivity contribution in [3.8, 4) is 0 Å². The Bertz CT molecular complexity index is 412. The van der Waals surface area contributed by atoms with Crippen molar-refractivity contribution in [2.45, 2.75) is 57.5 Å². The quantitative estimate of drug-likeness (QED) is 0.367. The summed E-state index contributed by atoms with van der Waals surface area (Å²) in [6, 6.07) is 1.07. The molecule has 2 N–H and O–H groups in total. The number of carbonyl (C=O) groups is 1. The number of amides is 1. The fourth-order valence-electron chi connectivity index (χ4n) is 3.59. The predicted molar refractivity (Wildman–Crippen MR) is 110 cm³/mol. The molecule has 1 heterocycles. The fraction of sp³-hybridized carbons (Fsp3) is 0.882. The SMILES string of the molecule is CCC(=O)N1CCC(NC(=NC)NCCN(C)C2CCCC2)C1.I. The van der Waals surface area contributed by atoms with Gasteiger partial charge in [0.25, 0.3) is 0 Å². The zero-order valence-electron chi connectivity index (χ0n) is 15.4. The first kappa shape index (κ1) is 21.5. The highest BCUT2D eigenvalue weighted by molar-refractivity contribution is 14.0. The van der Waals surface area contributed by atoms with Crippen LogP contribution in [0.5, 0.6) is 0 Å². The van der Waals surface area contributed by atoms with Crippen LogP contribution in [0.15, 0.2) is 4.99 Å². The largest absolute Gasteiger partial charge is 0.355 e. The molecule has 0 spiro atoms. The second-order valence-electron chi connectivity index (χ2n) is 6.74. The first-order chi connectivity index (χ1) is 11.1. The van der Waals surface area contributed by atoms with Gasteiger partial charge in [-0.3, -0.25) is 9.79 Å². The maximum absolute atomic E-state index is 11.7. The molecule has 2 aliphatic rings. The molecule has 0 aromatic heterocycles. The van der Waals surface area contributed by atoms with Crippen LogP contribution in [0, 0.1) is 0 Å². The van der Waals surface area contributed by atoms with Gasteiger partial charge in [-0.15, -0.1) is 24.0 Å². The molecule has 1 amide bonds. The van der Waals surface area contributed by atoms with Crippen molar-refractivity contribution in [2.75, 3.05) is 40.3 Å². The molecule has 0 aromatic rings. The Kier molecular flexibility index (Phi) is 9.95. The Labute approximate surface area is 163 Å². The highest BCUT2D eigenvalue weighted by Crippen LogP contribution is 2.21. The van der Waals surface area contributed by atoms with Gasteiger partial charge in [0.2, 0.25) is 5.91 Å². The maximum Gasteiger partial charge on any atom is 0.222 e. The molecule has 2 rings (SSSR count). The Balaban J connectivity index is 0.00000288. The minimum absolute atomic E-state index is 0. The number of halogens is 1. The van der Waals surface area contributed by atoms with E-state index in [2.05, 4.69) is 27.6 Å². The summed E-state index contributed by atoms with van der Waals surface area (Å²) in [6.07, 6.45) is 7.02. The highest BCUT2D eigenvalue weighted by atomic mass is 127. The van der Waals surface area contributed by atoms with Gasteiger partial charge in [-0.1, -0.05) is 19.8 Å². The molecule has 1 atom stereocenters. The minimum atomic E-state index is 0. The molecule has 1 saturated heterocycles. The average molecular weight is 451 g/mol. The predicted octanol–water partition coefficient (Wildman–Crippen LogP) is 1.65. The average Bonchev–Trinajstić information content (AvgIpc) is 3.24. The van der Waals surface area contributed by atoms with E-state index in [1.54, 1.807) is 7.05 Å². The number of rotatable bonds is 6. The van der Waals surface area contributed by atoms with E-state index < -0.39 is 0 Å². The monoisotopic (exact) mass is 451 g/mol. The van der Waals surface area contributed by atoms with E-state index in [1.807, 2.05) is 11.8 Å². The van der Waals surface area contributed by atoms with Crippen LogP contribution >= 0.6 is 24.0 Å². The number of nitrogens with one attached hydrogen (secondary N) is 2. The lowest BCUT2D eigenvalue weighted by Crippen LogP contribution is -2.47. The van der Waals surface area contributed by atoms with E-state index in [9.17, 15) is 4.79 Å². The molecule has 1 saturated carbocycles. The van der Waals surface area contributed by atoms with E-state index in [4.69, 9.17) is 0 Å². The fourth-order valence-corrected chi connectivity index (χ4v) is 3.59. The molecule has 7 heteroatoms. The molecule has 0 aromatic carbocycles. The summed E-state index contributed by atoms with van der Waals surface area (Å²) >= 11 is 0. The van der Waals surface area contributed by atoms with Gasteiger partial charge < -0.3 is 20.4 Å². The van der Waals surface area contributed by atoms with Crippen LogP contribution in [-0.4, -0.2) is 74.0 Å². The summed E-state index contributed by atoms with van der Waals surface area (Å²) < 4.78 is 0. The summed E-state index contributed by atoms with van der Waals surface area (Å²) in [5, 5.41) is 6.85. The third-order valence-corrected chi connectivity index (χ3v) is 5.11. The molecule has 6 nitrogen and oxygen atoms in total. The van der Waals surface area contributed by atoms with Crippen LogP contribution in [0.1, 0.15) is 45.4 Å². The number of hydrogen-bond acceptors (Lipinski definition) is 3. The summed E-state index contributed by atoms with van der Waals surface area (Å²) in [7, 11) is 4.03. The van der Waals surface area contributed by atoms with Crippen molar-refractivity contribution in [3.63, 3.8) is 0 Å². The number of likely N-dealkylation sites (tertiary alicyclic amines) is 1. The third kappa shape index (κ3) is 6.38. The molecule has 140 valence electrons. The third-order valence-electron chi connectivity index (χ3n) is 5.11. The van der Waals surface area contributed by atoms with Crippen molar-refractivity contribution < 1.29 is 4.79 Å². The Morgan fingerprint density at radius 2 is 2.00 bits per heavy atom. The van der Waals surface area contributed by atoms with Crippen molar-refractivity contribution in [1.29, 1.82) is 0 Å². The first-order valence-corrected chi connectivity index (χ1v) is 9.09. The van der Waals surface area contributed by atoms with Gasteiger partial charge in [-0.2, -0.15) is 0 Å². The lowest BCUT2D eigenvalue weighted by atomic mass is 10.2. The van der Waals surface area contributed by atoms with E-state index in [0.717, 1.165) is 44.6 Å². The number of likely N-dealkylation sites (N-methyl/N-ethyl adjacent to an activating group) is 1. The number of guanidine groups is 1. The highest BCUT2D eigenvalue weighted by Gasteiger charge is 2.25. The molecule has 24 heavy (non-hydrogen) atoms. The Hall–Kier alpha value is -0.570.